The molecule has 0 spiro atoms. The molecule has 43 heavy (non-hydrogen) atoms. The van der Waals surface area contributed by atoms with Crippen LogP contribution in [0.25, 0.3) is 21.9 Å². The highest BCUT2D eigenvalue weighted by Gasteiger charge is 2.06. The molecule has 0 aliphatic heterocycles. The van der Waals surface area contributed by atoms with Crippen LogP contribution in [0.15, 0.2) is 103 Å². The molecule has 0 N–H and O–H groups in total. The maximum Gasteiger partial charge on any atom is 0.145 e. The molecule has 4 aromatic rings. The van der Waals surface area contributed by atoms with E-state index < -0.39 is 0 Å². The first-order valence-corrected chi connectivity index (χ1v) is 13.9. The van der Waals surface area contributed by atoms with Gasteiger partial charge >= 0.3 is 0 Å². The second kappa shape index (κ2) is 17.9. The highest BCUT2D eigenvalue weighted by atomic mass is 16.5. The van der Waals surface area contributed by atoms with Crippen LogP contribution in [0.2, 0.25) is 0 Å². The van der Waals surface area contributed by atoms with E-state index in [4.69, 9.17) is 18.9 Å². The van der Waals surface area contributed by atoms with E-state index in [1.165, 1.54) is 10.9 Å². The average molecular weight is 583 g/mol. The van der Waals surface area contributed by atoms with Crippen LogP contribution in [0.5, 0.6) is 23.0 Å². The van der Waals surface area contributed by atoms with Crippen molar-refractivity contribution in [2.75, 3.05) is 27.4 Å². The molecule has 0 atom stereocenters. The van der Waals surface area contributed by atoms with E-state index in [2.05, 4.69) is 62.5 Å². The largest absolute Gasteiger partial charge is 0.497 e. The third-order valence-corrected chi connectivity index (χ3v) is 6.32. The zero-order valence-electron chi connectivity index (χ0n) is 26.0. The summed E-state index contributed by atoms with van der Waals surface area (Å²) in [5.74, 6) is 3.65. The van der Waals surface area contributed by atoms with Gasteiger partial charge in [0.2, 0.25) is 0 Å². The smallest absolute Gasteiger partial charge is 0.145 e. The molecule has 0 bridgehead atoms. The number of carbonyl (C=O) groups is 2. The van der Waals surface area contributed by atoms with Crippen molar-refractivity contribution in [3.05, 3.63) is 109 Å². The van der Waals surface area contributed by atoms with Gasteiger partial charge in [-0.3, -0.25) is 9.59 Å². The maximum atomic E-state index is 9.85. The van der Waals surface area contributed by atoms with Crippen LogP contribution in [-0.2, 0) is 9.59 Å². The van der Waals surface area contributed by atoms with Gasteiger partial charge in [0.15, 0.2) is 0 Å². The standard InChI is InChI=1S/C27H26O4.C6H10O.C4H6O/c1-19-16-20(21-4-5-23-18-26(29-3)8-6-22(23)17-21)7-13-27(19)31-15-14-30-25-11-9-24(28-2)10-12-25;1-5(2)6(3)4-7;1-4(2)3-5/h4-13,16-18H,14-15H2,1-3H3;4-5H,3H2,1-2H3;3H,1H2,2H3. The van der Waals surface area contributed by atoms with Gasteiger partial charge in [-0.25, -0.2) is 0 Å². The third kappa shape index (κ3) is 11.5. The summed E-state index contributed by atoms with van der Waals surface area (Å²) in [6.07, 6.45) is 1.52. The fourth-order valence-corrected chi connectivity index (χ4v) is 3.64. The van der Waals surface area contributed by atoms with Crippen molar-refractivity contribution in [3.63, 3.8) is 0 Å². The summed E-state index contributed by atoms with van der Waals surface area (Å²) in [6, 6.07) is 26.4. The van der Waals surface area contributed by atoms with Gasteiger partial charge in [0, 0.05) is 0 Å². The molecule has 0 amide bonds. The Kier molecular flexibility index (Phi) is 14.3. The quantitative estimate of drug-likeness (QED) is 0.100. The number of carbonyl (C=O) groups excluding carboxylic acids is 2. The van der Waals surface area contributed by atoms with E-state index in [1.54, 1.807) is 21.1 Å². The second-order valence-electron chi connectivity index (χ2n) is 10.1. The van der Waals surface area contributed by atoms with Gasteiger partial charge < -0.3 is 18.9 Å². The predicted octanol–water partition coefficient (Wildman–Crippen LogP) is 8.45. The van der Waals surface area contributed by atoms with E-state index in [0.717, 1.165) is 52.1 Å². The number of methoxy groups -OCH3 is 2. The lowest BCUT2D eigenvalue weighted by molar-refractivity contribution is -0.105. The monoisotopic (exact) mass is 582 g/mol. The van der Waals surface area contributed by atoms with Crippen molar-refractivity contribution in [1.82, 2.24) is 0 Å². The fraction of sp³-hybridized carbons (Fsp3) is 0.243. The van der Waals surface area contributed by atoms with E-state index in [9.17, 15) is 9.59 Å². The minimum Gasteiger partial charge on any atom is -0.497 e. The van der Waals surface area contributed by atoms with Gasteiger partial charge in [0.05, 0.1) is 14.2 Å². The zero-order chi connectivity index (χ0) is 31.8. The highest BCUT2D eigenvalue weighted by Crippen LogP contribution is 2.30. The SMILES string of the molecule is C=C(C)C=O.C=C(C=O)C(C)C.COc1ccc(OCCOc2ccc(-c3ccc4cc(OC)ccc4c3)cc2C)cc1. The van der Waals surface area contributed by atoms with E-state index in [0.29, 0.717) is 30.3 Å². The second-order valence-corrected chi connectivity index (χ2v) is 10.1. The molecule has 0 saturated heterocycles. The molecular formula is C37H42O6. The lowest BCUT2D eigenvalue weighted by atomic mass is 9.99. The molecular weight excluding hydrogens is 540 g/mol. The van der Waals surface area contributed by atoms with Crippen molar-refractivity contribution >= 4 is 23.3 Å². The molecule has 4 aromatic carbocycles. The molecule has 0 aromatic heterocycles. The Morgan fingerprint density at radius 3 is 1.74 bits per heavy atom. The number of fused-ring (bicyclic) bond motifs is 1. The number of rotatable bonds is 11. The van der Waals surface area contributed by atoms with Crippen LogP contribution in [-0.4, -0.2) is 40.0 Å². The average Bonchev–Trinajstić information content (AvgIpc) is 3.03. The third-order valence-electron chi connectivity index (χ3n) is 6.32. The fourth-order valence-electron chi connectivity index (χ4n) is 3.64. The van der Waals surface area contributed by atoms with Gasteiger partial charge in [-0.05, 0) is 113 Å². The van der Waals surface area contributed by atoms with E-state index >= 15 is 0 Å². The molecule has 0 radical (unpaired) electrons. The van der Waals surface area contributed by atoms with Crippen molar-refractivity contribution < 1.29 is 28.5 Å². The molecule has 0 heterocycles. The van der Waals surface area contributed by atoms with Crippen LogP contribution >= 0.6 is 0 Å². The lowest BCUT2D eigenvalue weighted by Crippen LogP contribution is -2.09. The maximum absolute atomic E-state index is 9.85. The van der Waals surface area contributed by atoms with Crippen LogP contribution in [0.4, 0.5) is 0 Å². The Labute approximate surface area is 255 Å². The Morgan fingerprint density at radius 1 is 0.698 bits per heavy atom. The Morgan fingerprint density at radius 2 is 1.21 bits per heavy atom. The van der Waals surface area contributed by atoms with E-state index in [-0.39, 0.29) is 0 Å². The molecule has 0 aliphatic carbocycles. The first-order chi connectivity index (χ1) is 20.6. The zero-order valence-corrected chi connectivity index (χ0v) is 26.0. The summed E-state index contributed by atoms with van der Waals surface area (Å²) in [6.45, 7) is 15.4. The topological polar surface area (TPSA) is 71.1 Å². The van der Waals surface area contributed by atoms with Gasteiger partial charge in [-0.2, -0.15) is 0 Å². The molecule has 0 fully saturated rings. The van der Waals surface area contributed by atoms with Crippen LogP contribution in [0.3, 0.4) is 0 Å². The normalized spacial score (nSPS) is 9.93. The lowest BCUT2D eigenvalue weighted by Gasteiger charge is -2.12. The van der Waals surface area contributed by atoms with Gasteiger partial charge in [0.25, 0.3) is 0 Å². The van der Waals surface area contributed by atoms with Crippen molar-refractivity contribution in [2.24, 2.45) is 5.92 Å². The summed E-state index contributed by atoms with van der Waals surface area (Å²) >= 11 is 0. The summed E-state index contributed by atoms with van der Waals surface area (Å²) < 4.78 is 22.1. The number of hydrogen-bond acceptors (Lipinski definition) is 6. The minimum absolute atomic E-state index is 0.303. The molecule has 0 unspecified atom stereocenters. The first kappa shape index (κ1) is 34.4. The molecule has 4 rings (SSSR count). The Balaban J connectivity index is 0.000000455. The summed E-state index contributed by atoms with van der Waals surface area (Å²) in [5, 5.41) is 2.35. The summed E-state index contributed by atoms with van der Waals surface area (Å²) in [5.41, 5.74) is 4.67. The molecule has 0 saturated carbocycles. The Hall–Kier alpha value is -4.84. The number of ether oxygens (including phenoxy) is 4. The number of aldehydes is 2. The number of benzene rings is 4. The summed E-state index contributed by atoms with van der Waals surface area (Å²) in [4.78, 5) is 19.3. The highest BCUT2D eigenvalue weighted by molar-refractivity contribution is 5.88. The van der Waals surface area contributed by atoms with Gasteiger partial charge in [-0.1, -0.05) is 51.3 Å². The van der Waals surface area contributed by atoms with E-state index in [1.807, 2.05) is 50.2 Å². The molecule has 226 valence electrons. The van der Waals surface area contributed by atoms with Crippen LogP contribution < -0.4 is 18.9 Å². The number of allylic oxidation sites excluding steroid dienone is 2. The van der Waals surface area contributed by atoms with Crippen molar-refractivity contribution in [2.45, 2.75) is 27.7 Å². The van der Waals surface area contributed by atoms with Gasteiger partial charge in [0.1, 0.15) is 48.8 Å². The number of aryl methyl sites for hydroxylation is 1. The predicted molar refractivity (Wildman–Crippen MR) is 176 cm³/mol. The Bertz CT molecular complexity index is 1500. The van der Waals surface area contributed by atoms with Gasteiger partial charge in [-0.15, -0.1) is 0 Å². The van der Waals surface area contributed by atoms with Crippen LogP contribution in [0, 0.1) is 12.8 Å². The summed E-state index contributed by atoms with van der Waals surface area (Å²) in [7, 11) is 3.34. The minimum atomic E-state index is 0.303. The van der Waals surface area contributed by atoms with Crippen LogP contribution in [0.1, 0.15) is 26.3 Å². The van der Waals surface area contributed by atoms with Crippen molar-refractivity contribution in [1.29, 1.82) is 0 Å². The van der Waals surface area contributed by atoms with Crippen molar-refractivity contribution in [3.8, 4) is 34.1 Å². The first-order valence-electron chi connectivity index (χ1n) is 13.9. The molecule has 6 heteroatoms. The molecule has 0 aliphatic rings. The number of hydrogen-bond donors (Lipinski definition) is 0. The molecule has 6 nitrogen and oxygen atoms in total.